The van der Waals surface area contributed by atoms with Crippen molar-refractivity contribution in [2.45, 2.75) is 31.0 Å². The summed E-state index contributed by atoms with van der Waals surface area (Å²) in [6, 6.07) is 11.1. The van der Waals surface area contributed by atoms with Crippen LogP contribution in [0.1, 0.15) is 25.1 Å². The van der Waals surface area contributed by atoms with Gasteiger partial charge in [0.15, 0.2) is 11.0 Å². The van der Waals surface area contributed by atoms with E-state index < -0.39 is 0 Å². The predicted octanol–water partition coefficient (Wildman–Crippen LogP) is 5.43. The van der Waals surface area contributed by atoms with Gasteiger partial charge in [-0.1, -0.05) is 41.4 Å². The molecule has 1 aliphatic rings. The fourth-order valence-electron chi connectivity index (χ4n) is 3.57. The summed E-state index contributed by atoms with van der Waals surface area (Å²) >= 11 is 13.4. The van der Waals surface area contributed by atoms with Crippen LogP contribution in [0.5, 0.6) is 0 Å². The molecule has 0 bridgehead atoms. The fraction of sp³-hybridized carbons (Fsp3) is 0.318. The summed E-state index contributed by atoms with van der Waals surface area (Å²) in [6.45, 7) is 2.68. The van der Waals surface area contributed by atoms with Gasteiger partial charge in [-0.05, 0) is 68.4 Å². The second kappa shape index (κ2) is 10.7. The number of anilines is 1. The first-order valence-corrected chi connectivity index (χ1v) is 12.0. The average molecular weight is 494 g/mol. The Labute approximate surface area is 200 Å². The number of halogens is 3. The van der Waals surface area contributed by atoms with Crippen LogP contribution >= 0.6 is 35.0 Å². The Hall–Kier alpha value is -2.13. The molecule has 168 valence electrons. The third-order valence-corrected chi connectivity index (χ3v) is 6.63. The Balaban J connectivity index is 1.51. The molecule has 0 saturated carbocycles. The van der Waals surface area contributed by atoms with Crippen LogP contribution in [0, 0.1) is 5.82 Å². The van der Waals surface area contributed by atoms with Gasteiger partial charge in [-0.3, -0.25) is 14.3 Å². The maximum Gasteiger partial charge on any atom is 0.234 e. The number of carbonyl (C=O) groups excluding carboxylic acids is 1. The Morgan fingerprint density at radius 3 is 2.56 bits per heavy atom. The van der Waals surface area contributed by atoms with Crippen molar-refractivity contribution in [2.24, 2.45) is 0 Å². The number of thioether (sulfide) groups is 1. The van der Waals surface area contributed by atoms with Gasteiger partial charge in [0.2, 0.25) is 5.91 Å². The second-order valence-electron chi connectivity index (χ2n) is 7.51. The lowest BCUT2D eigenvalue weighted by Crippen LogP contribution is -2.30. The maximum atomic E-state index is 13.5. The van der Waals surface area contributed by atoms with Crippen molar-refractivity contribution in [1.29, 1.82) is 0 Å². The quantitative estimate of drug-likeness (QED) is 0.444. The number of hydrogen-bond donors (Lipinski definition) is 1. The molecule has 1 fully saturated rings. The molecule has 0 atom stereocenters. The normalized spacial score (nSPS) is 14.5. The van der Waals surface area contributed by atoms with Crippen molar-refractivity contribution >= 4 is 46.6 Å². The fourth-order valence-corrected chi connectivity index (χ4v) is 4.68. The molecule has 1 amide bonds. The first-order chi connectivity index (χ1) is 15.5. The van der Waals surface area contributed by atoms with Crippen molar-refractivity contribution in [3.63, 3.8) is 0 Å². The Morgan fingerprint density at radius 2 is 1.81 bits per heavy atom. The summed E-state index contributed by atoms with van der Waals surface area (Å²) in [5.41, 5.74) is 1.21. The average Bonchev–Trinajstić information content (AvgIpc) is 3.18. The Morgan fingerprint density at radius 1 is 1.06 bits per heavy atom. The van der Waals surface area contributed by atoms with E-state index in [4.69, 9.17) is 23.2 Å². The summed E-state index contributed by atoms with van der Waals surface area (Å²) in [6.07, 6.45) is 3.57. The highest BCUT2D eigenvalue weighted by Gasteiger charge is 2.20. The van der Waals surface area contributed by atoms with Gasteiger partial charge in [0.25, 0.3) is 0 Å². The second-order valence-corrected chi connectivity index (χ2v) is 9.29. The van der Waals surface area contributed by atoms with E-state index in [-0.39, 0.29) is 17.5 Å². The number of nitrogens with zero attached hydrogens (tertiary/aromatic N) is 4. The zero-order valence-electron chi connectivity index (χ0n) is 17.2. The largest absolute Gasteiger partial charge is 0.324 e. The molecule has 3 aromatic rings. The molecule has 32 heavy (non-hydrogen) atoms. The van der Waals surface area contributed by atoms with Gasteiger partial charge in [-0.15, -0.1) is 10.2 Å². The van der Waals surface area contributed by atoms with Crippen molar-refractivity contribution in [2.75, 3.05) is 24.2 Å². The van der Waals surface area contributed by atoms with Gasteiger partial charge in [0.05, 0.1) is 23.0 Å². The van der Waals surface area contributed by atoms with Gasteiger partial charge >= 0.3 is 0 Å². The molecule has 1 N–H and O–H groups in total. The van der Waals surface area contributed by atoms with Gasteiger partial charge in [0, 0.05) is 10.7 Å². The van der Waals surface area contributed by atoms with E-state index in [1.807, 2.05) is 4.57 Å². The van der Waals surface area contributed by atoms with Gasteiger partial charge in [-0.2, -0.15) is 0 Å². The SMILES string of the molecule is O=C(CSc1nnc(CN2CCCCC2)n1-c1ccc(F)cc1)Nc1cc(Cl)ccc1Cl. The molecule has 1 aliphatic heterocycles. The molecule has 6 nitrogen and oxygen atoms in total. The first kappa shape index (κ1) is 23.0. The topological polar surface area (TPSA) is 63.1 Å². The van der Waals surface area contributed by atoms with Gasteiger partial charge in [-0.25, -0.2) is 4.39 Å². The number of carbonyl (C=O) groups is 1. The highest BCUT2D eigenvalue weighted by atomic mass is 35.5. The summed E-state index contributed by atoms with van der Waals surface area (Å²) in [7, 11) is 0. The van der Waals surface area contributed by atoms with E-state index in [0.717, 1.165) is 24.6 Å². The van der Waals surface area contributed by atoms with Gasteiger partial charge < -0.3 is 5.32 Å². The van der Waals surface area contributed by atoms with Crippen molar-refractivity contribution < 1.29 is 9.18 Å². The highest BCUT2D eigenvalue weighted by molar-refractivity contribution is 7.99. The maximum absolute atomic E-state index is 13.5. The lowest BCUT2D eigenvalue weighted by atomic mass is 10.1. The summed E-state index contributed by atoms with van der Waals surface area (Å²) in [4.78, 5) is 14.9. The number of rotatable bonds is 7. The van der Waals surface area contributed by atoms with Crippen molar-refractivity contribution in [3.8, 4) is 5.69 Å². The number of likely N-dealkylation sites (tertiary alicyclic amines) is 1. The van der Waals surface area contributed by atoms with Crippen LogP contribution in [0.25, 0.3) is 5.69 Å². The summed E-state index contributed by atoms with van der Waals surface area (Å²) < 4.78 is 15.4. The molecule has 4 rings (SSSR count). The minimum absolute atomic E-state index is 0.103. The molecule has 2 aromatic carbocycles. The monoisotopic (exact) mass is 493 g/mol. The van der Waals surface area contributed by atoms with E-state index in [9.17, 15) is 9.18 Å². The number of nitrogens with one attached hydrogen (secondary N) is 1. The minimum atomic E-state index is -0.314. The van der Waals surface area contributed by atoms with E-state index in [2.05, 4.69) is 20.4 Å². The standard InChI is InChI=1S/C22H22Cl2FN5OS/c23-15-4-9-18(24)19(12-15)26-21(31)14-32-22-28-27-20(13-29-10-2-1-3-11-29)30(22)17-7-5-16(25)6-8-17/h4-9,12H,1-3,10-11,13-14H2,(H,26,31). The van der Waals surface area contributed by atoms with Crippen LogP contribution < -0.4 is 5.32 Å². The molecule has 0 aliphatic carbocycles. The molecular formula is C22H22Cl2FN5OS. The number of hydrogen-bond acceptors (Lipinski definition) is 5. The van der Waals surface area contributed by atoms with E-state index in [1.165, 1.54) is 43.2 Å². The summed E-state index contributed by atoms with van der Waals surface area (Å²) in [5, 5.41) is 12.9. The van der Waals surface area contributed by atoms with Gasteiger partial charge in [0.1, 0.15) is 5.82 Å². The van der Waals surface area contributed by atoms with Crippen molar-refractivity contribution in [1.82, 2.24) is 19.7 Å². The zero-order valence-corrected chi connectivity index (χ0v) is 19.6. The third kappa shape index (κ3) is 5.81. The van der Waals surface area contributed by atoms with Crippen LogP contribution in [0.15, 0.2) is 47.6 Å². The van der Waals surface area contributed by atoms with Crippen LogP contribution in [-0.2, 0) is 11.3 Å². The molecule has 0 unspecified atom stereocenters. The first-order valence-electron chi connectivity index (χ1n) is 10.3. The number of aromatic nitrogens is 3. The molecule has 0 radical (unpaired) electrons. The molecule has 1 aromatic heterocycles. The molecule has 0 spiro atoms. The molecule has 2 heterocycles. The molecule has 1 saturated heterocycles. The number of amides is 1. The third-order valence-electron chi connectivity index (χ3n) is 5.13. The molecular weight excluding hydrogens is 472 g/mol. The smallest absolute Gasteiger partial charge is 0.234 e. The van der Waals surface area contributed by atoms with Crippen LogP contribution in [-0.4, -0.2) is 44.4 Å². The van der Waals surface area contributed by atoms with Crippen LogP contribution in [0.2, 0.25) is 10.0 Å². The van der Waals surface area contributed by atoms with Crippen LogP contribution in [0.4, 0.5) is 10.1 Å². The van der Waals surface area contributed by atoms with Crippen molar-refractivity contribution in [3.05, 3.63) is 64.2 Å². The Bertz CT molecular complexity index is 1090. The Kier molecular flexibility index (Phi) is 7.67. The lowest BCUT2D eigenvalue weighted by Gasteiger charge is -2.26. The summed E-state index contributed by atoms with van der Waals surface area (Å²) in [5.74, 6) is 0.308. The van der Waals surface area contributed by atoms with Crippen LogP contribution in [0.3, 0.4) is 0 Å². The number of benzene rings is 2. The lowest BCUT2D eigenvalue weighted by molar-refractivity contribution is -0.113. The number of piperidine rings is 1. The van der Waals surface area contributed by atoms with E-state index in [1.54, 1.807) is 30.3 Å². The van der Waals surface area contributed by atoms with E-state index in [0.29, 0.717) is 27.4 Å². The highest BCUT2D eigenvalue weighted by Crippen LogP contribution is 2.27. The molecule has 10 heteroatoms. The van der Waals surface area contributed by atoms with E-state index >= 15 is 0 Å². The predicted molar refractivity (Wildman–Crippen MR) is 126 cm³/mol. The zero-order chi connectivity index (χ0) is 22.5. The minimum Gasteiger partial charge on any atom is -0.324 e.